The zero-order chi connectivity index (χ0) is 26.8. The van der Waals surface area contributed by atoms with Crippen LogP contribution in [0.25, 0.3) is 5.65 Å². The maximum atomic E-state index is 13.0. The van der Waals surface area contributed by atoms with E-state index in [2.05, 4.69) is 25.9 Å². The molecule has 12 heteroatoms. The molecule has 0 radical (unpaired) electrons. The predicted octanol–water partition coefficient (Wildman–Crippen LogP) is 1.93. The van der Waals surface area contributed by atoms with Gasteiger partial charge < -0.3 is 25.8 Å². The molecule has 0 aliphatic carbocycles. The van der Waals surface area contributed by atoms with E-state index in [1.165, 1.54) is 29.1 Å². The summed E-state index contributed by atoms with van der Waals surface area (Å²) in [7, 11) is 0. The van der Waals surface area contributed by atoms with E-state index in [-0.39, 0.29) is 42.6 Å². The van der Waals surface area contributed by atoms with Crippen LogP contribution < -0.4 is 20.7 Å². The Kier molecular flexibility index (Phi) is 6.44. The fourth-order valence-electron chi connectivity index (χ4n) is 4.06. The Bertz CT molecular complexity index is 1610. The molecule has 0 unspecified atom stereocenters. The highest BCUT2D eigenvalue weighted by Gasteiger charge is 2.19. The number of aryl methyl sites for hydroxylation is 1. The fourth-order valence-corrected chi connectivity index (χ4v) is 4.06. The van der Waals surface area contributed by atoms with E-state index in [4.69, 9.17) is 4.74 Å². The SMILES string of the molecule is Cc1cc(CNC(=O)c2cc(C(=O)NCc3ccc4c(c3)NC(=O)CO4)nc3cncn23)ccc1C(=O)O. The first kappa shape index (κ1) is 24.4. The minimum atomic E-state index is -1.02. The van der Waals surface area contributed by atoms with Crippen LogP contribution in [0.15, 0.2) is 55.0 Å². The molecule has 5 rings (SSSR count). The number of carbonyl (C=O) groups is 4. The lowest BCUT2D eigenvalue weighted by molar-refractivity contribution is -0.118. The number of aromatic carboxylic acids is 1. The molecule has 192 valence electrons. The molecule has 1 aliphatic rings. The number of nitrogens with one attached hydrogen (secondary N) is 3. The van der Waals surface area contributed by atoms with Crippen molar-refractivity contribution in [1.29, 1.82) is 0 Å². The Morgan fingerprint density at radius 1 is 1.05 bits per heavy atom. The molecule has 4 N–H and O–H groups in total. The van der Waals surface area contributed by atoms with E-state index in [0.29, 0.717) is 22.6 Å². The largest absolute Gasteiger partial charge is 0.482 e. The molecular weight excluding hydrogens is 492 g/mol. The number of aromatic nitrogens is 3. The maximum Gasteiger partial charge on any atom is 0.335 e. The Labute approximate surface area is 215 Å². The molecule has 3 amide bonds. The third-order valence-electron chi connectivity index (χ3n) is 5.96. The Morgan fingerprint density at radius 3 is 2.55 bits per heavy atom. The predicted molar refractivity (Wildman–Crippen MR) is 134 cm³/mol. The number of carboxylic acid groups (broad SMARTS) is 1. The summed E-state index contributed by atoms with van der Waals surface area (Å²) < 4.78 is 6.81. The number of hydrogen-bond acceptors (Lipinski definition) is 7. The smallest absolute Gasteiger partial charge is 0.335 e. The van der Waals surface area contributed by atoms with Crippen molar-refractivity contribution in [1.82, 2.24) is 25.0 Å². The molecule has 4 aromatic rings. The molecule has 0 saturated carbocycles. The van der Waals surface area contributed by atoms with Gasteiger partial charge in [-0.25, -0.2) is 14.8 Å². The summed E-state index contributed by atoms with van der Waals surface area (Å²) in [5.74, 6) is -1.68. The van der Waals surface area contributed by atoms with Crippen molar-refractivity contribution in [3.8, 4) is 5.75 Å². The number of carboxylic acids is 1. The Morgan fingerprint density at radius 2 is 1.79 bits per heavy atom. The molecule has 3 heterocycles. The number of carbonyl (C=O) groups excluding carboxylic acids is 3. The molecular formula is C26H22N6O6. The maximum absolute atomic E-state index is 13.0. The van der Waals surface area contributed by atoms with Crippen LogP contribution in [0.5, 0.6) is 5.75 Å². The van der Waals surface area contributed by atoms with Crippen LogP contribution in [0.1, 0.15) is 48.0 Å². The average molecular weight is 514 g/mol. The topological polar surface area (TPSA) is 164 Å². The average Bonchev–Trinajstić information content (AvgIpc) is 3.38. The van der Waals surface area contributed by atoms with Crippen molar-refractivity contribution < 1.29 is 29.0 Å². The van der Waals surface area contributed by atoms with Crippen molar-refractivity contribution in [2.24, 2.45) is 0 Å². The van der Waals surface area contributed by atoms with Crippen LogP contribution in [0, 0.1) is 6.92 Å². The number of anilines is 1. The number of nitrogens with zero attached hydrogens (tertiary/aromatic N) is 3. The second-order valence-corrected chi connectivity index (χ2v) is 8.64. The van der Waals surface area contributed by atoms with Gasteiger partial charge in [0, 0.05) is 13.1 Å². The quantitative estimate of drug-likeness (QED) is 0.291. The van der Waals surface area contributed by atoms with Gasteiger partial charge in [0.1, 0.15) is 23.5 Å². The summed E-state index contributed by atoms with van der Waals surface area (Å²) >= 11 is 0. The zero-order valence-electron chi connectivity index (χ0n) is 20.1. The number of benzene rings is 2. The summed E-state index contributed by atoms with van der Waals surface area (Å²) in [6.07, 6.45) is 2.86. The fraction of sp³-hybridized carbons (Fsp3) is 0.154. The van der Waals surface area contributed by atoms with Gasteiger partial charge in [-0.15, -0.1) is 0 Å². The minimum absolute atomic E-state index is 0.0272. The lowest BCUT2D eigenvalue weighted by Gasteiger charge is -2.18. The van der Waals surface area contributed by atoms with Crippen LogP contribution in [0.4, 0.5) is 5.69 Å². The van der Waals surface area contributed by atoms with Crippen molar-refractivity contribution in [2.75, 3.05) is 11.9 Å². The molecule has 0 saturated heterocycles. The van der Waals surface area contributed by atoms with Gasteiger partial charge in [0.25, 0.3) is 17.7 Å². The molecule has 0 atom stereocenters. The number of hydrogen-bond donors (Lipinski definition) is 4. The minimum Gasteiger partial charge on any atom is -0.482 e. The third-order valence-corrected chi connectivity index (χ3v) is 5.96. The highest BCUT2D eigenvalue weighted by molar-refractivity contribution is 5.98. The van der Waals surface area contributed by atoms with Crippen molar-refractivity contribution in [3.63, 3.8) is 0 Å². The second kappa shape index (κ2) is 10.0. The highest BCUT2D eigenvalue weighted by atomic mass is 16.5. The molecule has 2 aromatic carbocycles. The van der Waals surface area contributed by atoms with Gasteiger partial charge >= 0.3 is 5.97 Å². The molecule has 0 fully saturated rings. The molecule has 0 bridgehead atoms. The van der Waals surface area contributed by atoms with Gasteiger partial charge in [0.15, 0.2) is 12.3 Å². The van der Waals surface area contributed by atoms with Crippen LogP contribution in [-0.4, -0.2) is 49.8 Å². The second-order valence-electron chi connectivity index (χ2n) is 8.64. The summed E-state index contributed by atoms with van der Waals surface area (Å²) in [4.78, 5) is 57.1. The molecule has 38 heavy (non-hydrogen) atoms. The molecule has 0 spiro atoms. The summed E-state index contributed by atoms with van der Waals surface area (Å²) in [5.41, 5.74) is 3.26. The van der Waals surface area contributed by atoms with E-state index in [1.807, 2.05) is 0 Å². The van der Waals surface area contributed by atoms with Crippen molar-refractivity contribution in [3.05, 3.63) is 88.6 Å². The molecule has 2 aromatic heterocycles. The standard InChI is InChI=1S/C26H22N6O6/c1-14-6-15(2-4-17(14)26(36)37)9-29-25(35)20-8-19(30-22-11-27-13-32(20)22)24(34)28-10-16-3-5-21-18(7-16)31-23(33)12-38-21/h2-8,11,13H,9-10,12H2,1H3,(H,28,34)(H,29,35)(H,31,33)(H,36,37). The van der Waals surface area contributed by atoms with Gasteiger partial charge in [-0.3, -0.25) is 18.8 Å². The van der Waals surface area contributed by atoms with E-state index in [9.17, 15) is 24.3 Å². The van der Waals surface area contributed by atoms with Crippen LogP contribution in [0.3, 0.4) is 0 Å². The Balaban J connectivity index is 1.30. The van der Waals surface area contributed by atoms with Crippen LogP contribution in [-0.2, 0) is 17.9 Å². The van der Waals surface area contributed by atoms with Gasteiger partial charge in [0.05, 0.1) is 17.4 Å². The van der Waals surface area contributed by atoms with Gasteiger partial charge in [-0.2, -0.15) is 0 Å². The monoisotopic (exact) mass is 514 g/mol. The van der Waals surface area contributed by atoms with Crippen LogP contribution in [0.2, 0.25) is 0 Å². The highest BCUT2D eigenvalue weighted by Crippen LogP contribution is 2.28. The lowest BCUT2D eigenvalue weighted by atomic mass is 10.1. The third kappa shape index (κ3) is 5.00. The summed E-state index contributed by atoms with van der Waals surface area (Å²) in [5, 5.41) is 17.5. The van der Waals surface area contributed by atoms with Gasteiger partial charge in [0.2, 0.25) is 0 Å². The Hall–Kier alpha value is -5.26. The first-order valence-electron chi connectivity index (χ1n) is 11.6. The number of rotatable bonds is 7. The number of fused-ring (bicyclic) bond motifs is 2. The molecule has 12 nitrogen and oxygen atoms in total. The van der Waals surface area contributed by atoms with E-state index >= 15 is 0 Å². The molecule has 1 aliphatic heterocycles. The van der Waals surface area contributed by atoms with E-state index < -0.39 is 17.8 Å². The van der Waals surface area contributed by atoms with Crippen molar-refractivity contribution >= 4 is 35.0 Å². The summed E-state index contributed by atoms with van der Waals surface area (Å²) in [6, 6.07) is 11.4. The zero-order valence-corrected chi connectivity index (χ0v) is 20.1. The normalized spacial score (nSPS) is 12.3. The van der Waals surface area contributed by atoms with E-state index in [1.54, 1.807) is 37.3 Å². The van der Waals surface area contributed by atoms with Gasteiger partial charge in [-0.1, -0.05) is 18.2 Å². The van der Waals surface area contributed by atoms with E-state index in [0.717, 1.165) is 11.1 Å². The number of imidazole rings is 1. The summed E-state index contributed by atoms with van der Waals surface area (Å²) in [6.45, 7) is 1.95. The number of ether oxygens (including phenoxy) is 1. The van der Waals surface area contributed by atoms with Crippen molar-refractivity contribution in [2.45, 2.75) is 20.0 Å². The lowest BCUT2D eigenvalue weighted by Crippen LogP contribution is -2.28. The van der Waals surface area contributed by atoms with Crippen LogP contribution >= 0.6 is 0 Å². The first-order valence-corrected chi connectivity index (χ1v) is 11.6. The number of amides is 3. The van der Waals surface area contributed by atoms with Gasteiger partial charge in [-0.05, 0) is 47.9 Å². The first-order chi connectivity index (χ1) is 18.3.